The maximum Gasteiger partial charge on any atom is 0.416 e. The van der Waals surface area contributed by atoms with Gasteiger partial charge in [0.05, 0.1) is 17.1 Å². The average molecular weight is 353 g/mol. The summed E-state index contributed by atoms with van der Waals surface area (Å²) in [5.74, 6) is -0.992. The molecule has 0 aliphatic rings. The fraction of sp³-hybridized carbons (Fsp3) is 0.562. The van der Waals surface area contributed by atoms with Crippen molar-refractivity contribution in [1.29, 1.82) is 0 Å². The van der Waals surface area contributed by atoms with Crippen molar-refractivity contribution >= 4 is 11.6 Å². The number of rotatable bonds is 6. The Hall–Kier alpha value is -1.70. The lowest BCUT2D eigenvalue weighted by molar-refractivity contribution is -0.201. The van der Waals surface area contributed by atoms with E-state index in [1.807, 2.05) is 0 Å². The first-order valence-electron chi connectivity index (χ1n) is 7.28. The number of amides is 1. The van der Waals surface area contributed by atoms with Crippen LogP contribution in [0, 0.1) is 11.3 Å². The van der Waals surface area contributed by atoms with Crippen molar-refractivity contribution in [2.45, 2.75) is 46.6 Å². The monoisotopic (exact) mass is 353 g/mol. The summed E-state index contributed by atoms with van der Waals surface area (Å²) in [6.45, 7) is 3.13. The molecule has 0 bridgehead atoms. The molecule has 1 aromatic rings. The Balaban J connectivity index is 2.91. The van der Waals surface area contributed by atoms with Crippen LogP contribution in [0.25, 0.3) is 0 Å². The van der Waals surface area contributed by atoms with E-state index in [0.717, 1.165) is 24.3 Å². The number of anilines is 1. The van der Waals surface area contributed by atoms with Crippen LogP contribution in [0.2, 0.25) is 0 Å². The standard InChI is InChI=1S/C16H20F5NO2/c1-9(2)12(24-14(17)18)15(3,4)13(23)22-11-7-5-10(6-8-11)16(19,20)21/h5-9,12,14H,1-4H3,(H,22,23). The highest BCUT2D eigenvalue weighted by molar-refractivity contribution is 5.95. The Morgan fingerprint density at radius 3 is 1.96 bits per heavy atom. The molecule has 1 atom stereocenters. The molecule has 1 N–H and O–H groups in total. The highest BCUT2D eigenvalue weighted by Crippen LogP contribution is 2.33. The third kappa shape index (κ3) is 5.15. The molecule has 1 unspecified atom stereocenters. The highest BCUT2D eigenvalue weighted by atomic mass is 19.4. The summed E-state index contributed by atoms with van der Waals surface area (Å²) in [4.78, 5) is 12.4. The quantitative estimate of drug-likeness (QED) is 0.736. The van der Waals surface area contributed by atoms with E-state index in [1.165, 1.54) is 13.8 Å². The zero-order chi connectivity index (χ0) is 18.7. The van der Waals surface area contributed by atoms with Gasteiger partial charge in [0, 0.05) is 5.69 Å². The molecule has 0 saturated carbocycles. The molecule has 0 fully saturated rings. The number of hydrogen-bond donors (Lipinski definition) is 1. The van der Waals surface area contributed by atoms with E-state index in [-0.39, 0.29) is 11.6 Å². The first-order valence-corrected chi connectivity index (χ1v) is 7.28. The summed E-state index contributed by atoms with van der Waals surface area (Å²) >= 11 is 0. The fourth-order valence-corrected chi connectivity index (χ4v) is 2.44. The van der Waals surface area contributed by atoms with Gasteiger partial charge in [-0.2, -0.15) is 22.0 Å². The highest BCUT2D eigenvalue weighted by Gasteiger charge is 2.41. The van der Waals surface area contributed by atoms with Crippen LogP contribution in [-0.2, 0) is 15.7 Å². The largest absolute Gasteiger partial charge is 0.416 e. The Kier molecular flexibility index (Phi) is 6.32. The number of benzene rings is 1. The summed E-state index contributed by atoms with van der Waals surface area (Å²) in [7, 11) is 0. The van der Waals surface area contributed by atoms with Crippen LogP contribution in [0.5, 0.6) is 0 Å². The molecule has 8 heteroatoms. The Morgan fingerprint density at radius 1 is 1.08 bits per heavy atom. The van der Waals surface area contributed by atoms with Crippen molar-refractivity contribution in [1.82, 2.24) is 0 Å². The molecule has 1 amide bonds. The number of halogens is 5. The Bertz CT molecular complexity index is 553. The van der Waals surface area contributed by atoms with Crippen molar-refractivity contribution in [2.75, 3.05) is 5.32 Å². The number of nitrogens with one attached hydrogen (secondary N) is 1. The van der Waals surface area contributed by atoms with Crippen LogP contribution in [0.1, 0.15) is 33.3 Å². The smallest absolute Gasteiger partial charge is 0.326 e. The van der Waals surface area contributed by atoms with Crippen molar-refractivity contribution in [3.05, 3.63) is 29.8 Å². The van der Waals surface area contributed by atoms with Crippen molar-refractivity contribution in [3.63, 3.8) is 0 Å². The molecular weight excluding hydrogens is 333 g/mol. The van der Waals surface area contributed by atoms with E-state index in [0.29, 0.717) is 0 Å². The maximum atomic E-state index is 12.6. The third-order valence-electron chi connectivity index (χ3n) is 3.62. The number of carbonyl (C=O) groups excluding carboxylic acids is 1. The van der Waals surface area contributed by atoms with Crippen LogP contribution in [0.4, 0.5) is 27.6 Å². The second-order valence-electron chi connectivity index (χ2n) is 6.31. The molecule has 3 nitrogen and oxygen atoms in total. The normalized spacial score (nSPS) is 14.1. The van der Waals surface area contributed by atoms with E-state index in [4.69, 9.17) is 0 Å². The van der Waals surface area contributed by atoms with Gasteiger partial charge in [-0.3, -0.25) is 4.79 Å². The molecule has 136 valence electrons. The predicted octanol–water partition coefficient (Wildman–Crippen LogP) is 4.93. The summed E-state index contributed by atoms with van der Waals surface area (Å²) in [5, 5.41) is 2.44. The number of carbonyl (C=O) groups is 1. The topological polar surface area (TPSA) is 38.3 Å². The number of ether oxygens (including phenoxy) is 1. The molecule has 0 saturated heterocycles. The molecule has 1 aromatic carbocycles. The average Bonchev–Trinajstić information content (AvgIpc) is 2.43. The lowest BCUT2D eigenvalue weighted by Gasteiger charge is -2.35. The van der Waals surface area contributed by atoms with Crippen LogP contribution >= 0.6 is 0 Å². The van der Waals surface area contributed by atoms with E-state index in [2.05, 4.69) is 10.1 Å². The number of alkyl halides is 5. The lowest BCUT2D eigenvalue weighted by Crippen LogP contribution is -2.46. The molecule has 0 heterocycles. The third-order valence-corrected chi connectivity index (χ3v) is 3.62. The predicted molar refractivity (Wildman–Crippen MR) is 79.6 cm³/mol. The van der Waals surface area contributed by atoms with Crippen molar-refractivity contribution in [3.8, 4) is 0 Å². The van der Waals surface area contributed by atoms with E-state index in [1.54, 1.807) is 13.8 Å². The van der Waals surface area contributed by atoms with E-state index in [9.17, 15) is 26.7 Å². The van der Waals surface area contributed by atoms with Crippen LogP contribution < -0.4 is 5.32 Å². The molecule has 0 radical (unpaired) electrons. The van der Waals surface area contributed by atoms with Gasteiger partial charge in [-0.1, -0.05) is 13.8 Å². The second kappa shape index (κ2) is 7.46. The SMILES string of the molecule is CC(C)C(OC(F)F)C(C)(C)C(=O)Nc1ccc(C(F)(F)F)cc1. The van der Waals surface area contributed by atoms with Crippen LogP contribution in [-0.4, -0.2) is 18.6 Å². The van der Waals surface area contributed by atoms with Crippen LogP contribution in [0.15, 0.2) is 24.3 Å². The zero-order valence-electron chi connectivity index (χ0n) is 13.7. The van der Waals surface area contributed by atoms with Gasteiger partial charge in [0.15, 0.2) is 0 Å². The van der Waals surface area contributed by atoms with Gasteiger partial charge >= 0.3 is 12.8 Å². The molecule has 24 heavy (non-hydrogen) atoms. The van der Waals surface area contributed by atoms with Gasteiger partial charge < -0.3 is 10.1 Å². The van der Waals surface area contributed by atoms with Gasteiger partial charge in [0.2, 0.25) is 5.91 Å². The molecule has 1 rings (SSSR count). The fourth-order valence-electron chi connectivity index (χ4n) is 2.44. The van der Waals surface area contributed by atoms with E-state index < -0.39 is 35.8 Å². The van der Waals surface area contributed by atoms with Gasteiger partial charge in [-0.15, -0.1) is 0 Å². The Morgan fingerprint density at radius 2 is 1.58 bits per heavy atom. The molecular formula is C16H20F5NO2. The molecule has 0 aliphatic heterocycles. The molecule has 0 spiro atoms. The lowest BCUT2D eigenvalue weighted by atomic mass is 9.79. The van der Waals surface area contributed by atoms with Gasteiger partial charge in [-0.05, 0) is 44.0 Å². The minimum absolute atomic E-state index is 0.139. The number of hydrogen-bond acceptors (Lipinski definition) is 2. The first-order chi connectivity index (χ1) is 10.9. The van der Waals surface area contributed by atoms with Gasteiger partial charge in [0.25, 0.3) is 0 Å². The van der Waals surface area contributed by atoms with E-state index >= 15 is 0 Å². The Labute approximate surface area is 137 Å². The minimum atomic E-state index is -4.48. The molecule has 0 aliphatic carbocycles. The zero-order valence-corrected chi connectivity index (χ0v) is 13.7. The summed E-state index contributed by atoms with van der Waals surface area (Å²) in [6, 6.07) is 3.88. The molecule has 0 aromatic heterocycles. The summed E-state index contributed by atoms with van der Waals surface area (Å²) in [5.41, 5.74) is -2.02. The van der Waals surface area contributed by atoms with Crippen LogP contribution in [0.3, 0.4) is 0 Å². The van der Waals surface area contributed by atoms with Crippen molar-refractivity contribution < 1.29 is 31.5 Å². The summed E-state index contributed by atoms with van der Waals surface area (Å²) < 4.78 is 67.2. The van der Waals surface area contributed by atoms with Crippen molar-refractivity contribution in [2.24, 2.45) is 11.3 Å². The minimum Gasteiger partial charge on any atom is -0.326 e. The second-order valence-corrected chi connectivity index (χ2v) is 6.31. The van der Waals surface area contributed by atoms with Gasteiger partial charge in [-0.25, -0.2) is 0 Å². The first kappa shape index (κ1) is 20.3. The van der Waals surface area contributed by atoms with Gasteiger partial charge in [0.1, 0.15) is 0 Å². The summed E-state index contributed by atoms with van der Waals surface area (Å²) in [6.07, 6.45) is -5.54. The maximum absolute atomic E-state index is 12.6.